The van der Waals surface area contributed by atoms with E-state index in [1.165, 1.54) is 18.0 Å². The average molecular weight is 428 g/mol. The summed E-state index contributed by atoms with van der Waals surface area (Å²) < 4.78 is 4.85. The van der Waals surface area contributed by atoms with Gasteiger partial charge >= 0.3 is 0 Å². The molecule has 0 unspecified atom stereocenters. The van der Waals surface area contributed by atoms with Crippen LogP contribution in [0.3, 0.4) is 0 Å². The Bertz CT molecular complexity index is 1150. The first-order valence-electron chi connectivity index (χ1n) is 8.18. The lowest BCUT2D eigenvalue weighted by Gasteiger charge is -2.10. The van der Waals surface area contributed by atoms with E-state index in [1.807, 2.05) is 12.3 Å². The number of benzene rings is 1. The maximum Gasteiger partial charge on any atom is 0.272 e. The number of hydrogen-bond acceptors (Lipinski definition) is 8. The number of rotatable bonds is 5. The maximum atomic E-state index is 12.5. The fraction of sp³-hybridized carbons (Fsp3) is 0.105. The summed E-state index contributed by atoms with van der Waals surface area (Å²) >= 11 is 7.70. The number of thioether (sulfide) groups is 1. The van der Waals surface area contributed by atoms with E-state index in [9.17, 15) is 15.2 Å². The van der Waals surface area contributed by atoms with Crippen LogP contribution in [0.15, 0.2) is 51.7 Å². The second-order valence-electron chi connectivity index (χ2n) is 5.68. The molecular weight excluding hydrogens is 414 g/mol. The molecule has 8 nitrogen and oxygen atoms in total. The van der Waals surface area contributed by atoms with Gasteiger partial charge in [-0.1, -0.05) is 35.0 Å². The van der Waals surface area contributed by atoms with Crippen LogP contribution in [0.1, 0.15) is 11.3 Å². The molecule has 0 aliphatic rings. The van der Waals surface area contributed by atoms with Crippen molar-refractivity contribution in [1.82, 2.24) is 15.1 Å². The second kappa shape index (κ2) is 8.77. The van der Waals surface area contributed by atoms with Crippen LogP contribution in [-0.4, -0.2) is 32.4 Å². The molecule has 0 spiro atoms. The first kappa shape index (κ1) is 20.4. The Hall–Kier alpha value is -3.35. The highest BCUT2D eigenvalue weighted by Gasteiger charge is 2.21. The number of carbonyl (C=O) groups excluding carboxylic acids is 1. The lowest BCUT2D eigenvalue weighted by Crippen LogP contribution is -2.17. The number of anilines is 1. The third kappa shape index (κ3) is 4.23. The molecule has 0 saturated heterocycles. The standard InChI is InChI=1S/C19H14ClN5O3S/c1-10-13(8-23-28-10)17(26)12(7-21)18(27)25-19-22-9-15(29-2)16(24-19)11-5-3-4-6-14(11)20/h3-6,8-9,26H,1-2H3,(H,22,24,25,27)/b17-12-. The molecule has 29 heavy (non-hydrogen) atoms. The molecule has 0 fully saturated rings. The van der Waals surface area contributed by atoms with E-state index in [1.54, 1.807) is 37.4 Å². The number of aromatic nitrogens is 3. The van der Waals surface area contributed by atoms with Crippen LogP contribution in [-0.2, 0) is 4.79 Å². The molecule has 2 N–H and O–H groups in total. The Labute approximate surface area is 175 Å². The van der Waals surface area contributed by atoms with E-state index in [0.29, 0.717) is 16.3 Å². The summed E-state index contributed by atoms with van der Waals surface area (Å²) in [6.07, 6.45) is 4.63. The van der Waals surface area contributed by atoms with Crippen molar-refractivity contribution in [3.05, 3.63) is 58.6 Å². The van der Waals surface area contributed by atoms with Gasteiger partial charge in [-0.2, -0.15) is 5.26 Å². The van der Waals surface area contributed by atoms with Gasteiger partial charge in [-0.05, 0) is 19.2 Å². The number of hydrogen-bond donors (Lipinski definition) is 2. The predicted octanol–water partition coefficient (Wildman–Crippen LogP) is 4.25. The molecule has 1 aromatic carbocycles. The van der Waals surface area contributed by atoms with Gasteiger partial charge in [-0.15, -0.1) is 11.8 Å². The summed E-state index contributed by atoms with van der Waals surface area (Å²) in [5.41, 5.74) is 0.839. The topological polar surface area (TPSA) is 125 Å². The van der Waals surface area contributed by atoms with Crippen molar-refractivity contribution in [2.24, 2.45) is 0 Å². The number of aryl methyl sites for hydroxylation is 1. The number of carbonyl (C=O) groups is 1. The Balaban J connectivity index is 1.97. The van der Waals surface area contributed by atoms with Crippen molar-refractivity contribution in [3.8, 4) is 17.3 Å². The monoisotopic (exact) mass is 427 g/mol. The predicted molar refractivity (Wildman–Crippen MR) is 109 cm³/mol. The van der Waals surface area contributed by atoms with E-state index >= 15 is 0 Å². The van der Waals surface area contributed by atoms with Gasteiger partial charge in [0.25, 0.3) is 5.91 Å². The minimum atomic E-state index is -0.868. The third-order valence-corrected chi connectivity index (χ3v) is 4.98. The number of aliphatic hydroxyl groups is 1. The van der Waals surface area contributed by atoms with Crippen molar-refractivity contribution in [2.75, 3.05) is 11.6 Å². The van der Waals surface area contributed by atoms with Crippen LogP contribution in [0.2, 0.25) is 5.02 Å². The van der Waals surface area contributed by atoms with Crippen LogP contribution >= 0.6 is 23.4 Å². The molecule has 10 heteroatoms. The van der Waals surface area contributed by atoms with Crippen molar-refractivity contribution in [3.63, 3.8) is 0 Å². The molecule has 1 amide bonds. The molecular formula is C19H14ClN5O3S. The van der Waals surface area contributed by atoms with Gasteiger partial charge in [0, 0.05) is 11.8 Å². The fourth-order valence-electron chi connectivity index (χ4n) is 2.46. The Morgan fingerprint density at radius 1 is 1.34 bits per heavy atom. The van der Waals surface area contributed by atoms with Gasteiger partial charge in [-0.25, -0.2) is 9.97 Å². The normalized spacial score (nSPS) is 11.5. The molecule has 0 atom stereocenters. The lowest BCUT2D eigenvalue weighted by atomic mass is 10.1. The van der Waals surface area contributed by atoms with E-state index in [0.717, 1.165) is 4.90 Å². The lowest BCUT2D eigenvalue weighted by molar-refractivity contribution is -0.112. The molecule has 0 aliphatic carbocycles. The number of aliphatic hydroxyl groups excluding tert-OH is 1. The molecule has 2 aromatic heterocycles. The highest BCUT2D eigenvalue weighted by molar-refractivity contribution is 7.98. The van der Waals surface area contributed by atoms with Gasteiger partial charge in [0.15, 0.2) is 11.3 Å². The SMILES string of the molecule is CSc1cnc(NC(=O)/C(C#N)=C(\O)c2cnoc2C)nc1-c1ccccc1Cl. The minimum Gasteiger partial charge on any atom is -0.506 e. The Kier molecular flexibility index (Phi) is 6.16. The number of amides is 1. The van der Waals surface area contributed by atoms with Crippen LogP contribution in [0.5, 0.6) is 0 Å². The van der Waals surface area contributed by atoms with Crippen LogP contribution in [0.4, 0.5) is 5.95 Å². The smallest absolute Gasteiger partial charge is 0.272 e. The largest absolute Gasteiger partial charge is 0.506 e. The van der Waals surface area contributed by atoms with Gasteiger partial charge in [0.1, 0.15) is 11.8 Å². The molecule has 2 heterocycles. The molecule has 146 valence electrons. The highest BCUT2D eigenvalue weighted by atomic mass is 35.5. The van der Waals surface area contributed by atoms with Crippen LogP contribution < -0.4 is 5.32 Å². The first-order valence-corrected chi connectivity index (χ1v) is 9.78. The van der Waals surface area contributed by atoms with Crippen molar-refractivity contribution in [2.45, 2.75) is 11.8 Å². The summed E-state index contributed by atoms with van der Waals surface area (Å²) in [5, 5.41) is 26.1. The first-order chi connectivity index (χ1) is 14.0. The third-order valence-electron chi connectivity index (χ3n) is 3.91. The zero-order valence-corrected chi connectivity index (χ0v) is 16.9. The van der Waals surface area contributed by atoms with Gasteiger partial charge in [-0.3, -0.25) is 10.1 Å². The molecule has 0 aliphatic heterocycles. The summed E-state index contributed by atoms with van der Waals surface area (Å²) in [7, 11) is 0. The number of nitrogens with zero attached hydrogens (tertiary/aromatic N) is 4. The summed E-state index contributed by atoms with van der Waals surface area (Å²) in [6.45, 7) is 1.55. The molecule has 0 saturated carbocycles. The maximum absolute atomic E-state index is 12.5. The molecule has 3 aromatic rings. The van der Waals surface area contributed by atoms with Crippen molar-refractivity contribution in [1.29, 1.82) is 5.26 Å². The Morgan fingerprint density at radius 3 is 2.72 bits per heavy atom. The van der Waals surface area contributed by atoms with Gasteiger partial charge in [0.2, 0.25) is 5.95 Å². The van der Waals surface area contributed by atoms with Crippen molar-refractivity contribution >= 4 is 41.0 Å². The van der Waals surface area contributed by atoms with Crippen molar-refractivity contribution < 1.29 is 14.4 Å². The Morgan fingerprint density at radius 2 is 2.10 bits per heavy atom. The van der Waals surface area contributed by atoms with E-state index in [-0.39, 0.29) is 17.3 Å². The van der Waals surface area contributed by atoms with Crippen LogP contribution in [0, 0.1) is 18.3 Å². The number of halogens is 1. The fourth-order valence-corrected chi connectivity index (χ4v) is 3.19. The van der Waals surface area contributed by atoms with Gasteiger partial charge in [0.05, 0.1) is 27.4 Å². The summed E-state index contributed by atoms with van der Waals surface area (Å²) in [4.78, 5) is 21.8. The summed E-state index contributed by atoms with van der Waals surface area (Å²) in [6, 6.07) is 8.84. The van der Waals surface area contributed by atoms with E-state index in [4.69, 9.17) is 16.1 Å². The van der Waals surface area contributed by atoms with Gasteiger partial charge < -0.3 is 9.63 Å². The molecule has 0 bridgehead atoms. The van der Waals surface area contributed by atoms with Crippen LogP contribution in [0.25, 0.3) is 17.0 Å². The zero-order valence-electron chi connectivity index (χ0n) is 15.3. The minimum absolute atomic E-state index is 0.0367. The van der Waals surface area contributed by atoms with E-state index < -0.39 is 17.2 Å². The average Bonchev–Trinajstić information content (AvgIpc) is 3.14. The quantitative estimate of drug-likeness (QED) is 0.268. The summed E-state index contributed by atoms with van der Waals surface area (Å²) in [5.74, 6) is -1.18. The highest BCUT2D eigenvalue weighted by Crippen LogP contribution is 2.33. The second-order valence-corrected chi connectivity index (χ2v) is 6.93. The molecule has 3 rings (SSSR count). The number of nitriles is 1. The molecule has 0 radical (unpaired) electrons. The zero-order chi connectivity index (χ0) is 21.0. The number of nitrogens with one attached hydrogen (secondary N) is 1. The van der Waals surface area contributed by atoms with E-state index in [2.05, 4.69) is 20.4 Å².